The van der Waals surface area contributed by atoms with Crippen molar-refractivity contribution in [2.75, 3.05) is 5.32 Å². The molecule has 0 saturated heterocycles. The van der Waals surface area contributed by atoms with Gasteiger partial charge in [0.15, 0.2) is 0 Å². The maximum atomic E-state index is 13.9. The van der Waals surface area contributed by atoms with Crippen LogP contribution in [0, 0.1) is 5.82 Å². The van der Waals surface area contributed by atoms with E-state index < -0.39 is 35.6 Å². The second-order valence-corrected chi connectivity index (χ2v) is 5.82. The first-order chi connectivity index (χ1) is 13.2. The van der Waals surface area contributed by atoms with Gasteiger partial charge in [-0.05, 0) is 36.4 Å². The summed E-state index contributed by atoms with van der Waals surface area (Å²) in [7, 11) is 0. The summed E-state index contributed by atoms with van der Waals surface area (Å²) in [6.07, 6.45) is -4.55. The van der Waals surface area contributed by atoms with Crippen LogP contribution in [0.1, 0.15) is 5.56 Å². The molecule has 0 bridgehead atoms. The predicted molar refractivity (Wildman–Crippen MR) is 94.0 cm³/mol. The Labute approximate surface area is 156 Å². The molecule has 0 spiro atoms. The number of amides is 1. The second-order valence-electron chi connectivity index (χ2n) is 5.82. The summed E-state index contributed by atoms with van der Waals surface area (Å²) >= 11 is 0. The molecule has 1 aromatic heterocycles. The van der Waals surface area contributed by atoms with Gasteiger partial charge in [0.25, 0.3) is 5.56 Å². The second kappa shape index (κ2) is 7.63. The Balaban J connectivity index is 1.80. The van der Waals surface area contributed by atoms with Gasteiger partial charge in [0, 0.05) is 17.3 Å². The average molecular weight is 391 g/mol. The van der Waals surface area contributed by atoms with Crippen LogP contribution in [-0.2, 0) is 17.5 Å². The van der Waals surface area contributed by atoms with Crippen LogP contribution in [0.25, 0.3) is 11.3 Å². The minimum atomic E-state index is -4.55. The lowest BCUT2D eigenvalue weighted by Gasteiger charge is -2.11. The summed E-state index contributed by atoms with van der Waals surface area (Å²) in [5, 5.41) is 6.25. The predicted octanol–water partition coefficient (Wildman–Crippen LogP) is 3.71. The van der Waals surface area contributed by atoms with Crippen LogP contribution in [-0.4, -0.2) is 15.7 Å². The van der Waals surface area contributed by atoms with Crippen LogP contribution in [0.2, 0.25) is 0 Å². The fraction of sp³-hybridized carbons (Fsp3) is 0.105. The monoisotopic (exact) mass is 391 g/mol. The lowest BCUT2D eigenvalue weighted by molar-refractivity contribution is -0.137. The third-order valence-corrected chi connectivity index (χ3v) is 3.78. The molecule has 5 nitrogen and oxygen atoms in total. The molecule has 0 aliphatic rings. The molecule has 0 fully saturated rings. The highest BCUT2D eigenvalue weighted by molar-refractivity contribution is 5.90. The van der Waals surface area contributed by atoms with Gasteiger partial charge in [0.05, 0.1) is 11.3 Å². The highest BCUT2D eigenvalue weighted by Gasteiger charge is 2.30. The number of benzene rings is 2. The Morgan fingerprint density at radius 3 is 2.50 bits per heavy atom. The Morgan fingerprint density at radius 2 is 1.79 bits per heavy atom. The van der Waals surface area contributed by atoms with Crippen molar-refractivity contribution in [2.45, 2.75) is 12.7 Å². The number of hydrogen-bond donors (Lipinski definition) is 1. The molecule has 0 aliphatic carbocycles. The molecule has 0 aliphatic heterocycles. The normalized spacial score (nSPS) is 11.3. The molecule has 1 N–H and O–H groups in total. The number of carbonyl (C=O) groups is 1. The summed E-state index contributed by atoms with van der Waals surface area (Å²) in [6.45, 7) is -0.544. The van der Waals surface area contributed by atoms with Crippen molar-refractivity contribution in [3.05, 3.63) is 82.4 Å². The zero-order chi connectivity index (χ0) is 20.3. The number of nitrogens with one attached hydrogen (secondary N) is 1. The standard InChI is InChI=1S/C19H13F4N3O2/c20-15-7-2-1-6-14(15)16-8-9-18(28)26(25-16)11-17(27)24-13-5-3-4-12(10-13)19(21,22)23/h1-10H,11H2,(H,24,27). The van der Waals surface area contributed by atoms with Crippen LogP contribution in [0.4, 0.5) is 23.2 Å². The molecular formula is C19H13F4N3O2. The summed E-state index contributed by atoms with van der Waals surface area (Å²) in [5.41, 5.74) is -1.31. The van der Waals surface area contributed by atoms with Crippen molar-refractivity contribution >= 4 is 11.6 Å². The van der Waals surface area contributed by atoms with Crippen molar-refractivity contribution in [3.63, 3.8) is 0 Å². The molecule has 144 valence electrons. The van der Waals surface area contributed by atoms with Gasteiger partial charge in [-0.2, -0.15) is 18.3 Å². The SMILES string of the molecule is O=C(Cn1nc(-c2ccccc2F)ccc1=O)Nc1cccc(C(F)(F)F)c1. The van der Waals surface area contributed by atoms with Crippen molar-refractivity contribution in [1.29, 1.82) is 0 Å². The Morgan fingerprint density at radius 1 is 1.04 bits per heavy atom. The Hall–Kier alpha value is -3.49. The molecule has 0 unspecified atom stereocenters. The molecule has 0 atom stereocenters. The van der Waals surface area contributed by atoms with Gasteiger partial charge in [-0.15, -0.1) is 0 Å². The fourth-order valence-corrected chi connectivity index (χ4v) is 2.48. The van der Waals surface area contributed by atoms with E-state index in [-0.39, 0.29) is 16.9 Å². The summed E-state index contributed by atoms with van der Waals surface area (Å²) in [5.74, 6) is -1.30. The van der Waals surface area contributed by atoms with E-state index in [1.54, 1.807) is 6.07 Å². The lowest BCUT2D eigenvalue weighted by Crippen LogP contribution is -2.29. The number of nitrogens with zero attached hydrogens (tertiary/aromatic N) is 2. The van der Waals surface area contributed by atoms with Crippen LogP contribution >= 0.6 is 0 Å². The maximum Gasteiger partial charge on any atom is 0.416 e. The van der Waals surface area contributed by atoms with E-state index in [0.29, 0.717) is 0 Å². The Kier molecular flexibility index (Phi) is 5.25. The largest absolute Gasteiger partial charge is 0.416 e. The molecule has 2 aromatic carbocycles. The third-order valence-electron chi connectivity index (χ3n) is 3.78. The van der Waals surface area contributed by atoms with E-state index in [0.717, 1.165) is 28.9 Å². The van der Waals surface area contributed by atoms with Gasteiger partial charge in [0.2, 0.25) is 5.91 Å². The quantitative estimate of drug-likeness (QED) is 0.690. The fourth-order valence-electron chi connectivity index (χ4n) is 2.48. The first kappa shape index (κ1) is 19.3. The molecule has 9 heteroatoms. The van der Waals surface area contributed by atoms with Crippen LogP contribution in [0.3, 0.4) is 0 Å². The van der Waals surface area contributed by atoms with Gasteiger partial charge < -0.3 is 5.32 Å². The van der Waals surface area contributed by atoms with E-state index in [2.05, 4.69) is 10.4 Å². The van der Waals surface area contributed by atoms with E-state index in [1.165, 1.54) is 30.3 Å². The van der Waals surface area contributed by atoms with E-state index in [1.807, 2.05) is 0 Å². The number of rotatable bonds is 4. The molecule has 0 saturated carbocycles. The van der Waals surface area contributed by atoms with E-state index >= 15 is 0 Å². The molecule has 28 heavy (non-hydrogen) atoms. The van der Waals surface area contributed by atoms with Crippen LogP contribution in [0.5, 0.6) is 0 Å². The molecule has 1 amide bonds. The maximum absolute atomic E-state index is 13.9. The first-order valence-corrected chi connectivity index (χ1v) is 8.04. The van der Waals surface area contributed by atoms with Crippen molar-refractivity contribution in [2.24, 2.45) is 0 Å². The number of aromatic nitrogens is 2. The summed E-state index contributed by atoms with van der Waals surface area (Å²) in [4.78, 5) is 24.1. The topological polar surface area (TPSA) is 64.0 Å². The van der Waals surface area contributed by atoms with Crippen LogP contribution < -0.4 is 10.9 Å². The first-order valence-electron chi connectivity index (χ1n) is 8.04. The van der Waals surface area contributed by atoms with Crippen LogP contribution in [0.15, 0.2) is 65.5 Å². The van der Waals surface area contributed by atoms with Gasteiger partial charge >= 0.3 is 6.18 Å². The van der Waals surface area contributed by atoms with Crippen molar-refractivity contribution in [1.82, 2.24) is 9.78 Å². The average Bonchev–Trinajstić information content (AvgIpc) is 2.63. The van der Waals surface area contributed by atoms with Gasteiger partial charge in [-0.1, -0.05) is 18.2 Å². The van der Waals surface area contributed by atoms with E-state index in [9.17, 15) is 27.2 Å². The molecular weight excluding hydrogens is 378 g/mol. The minimum Gasteiger partial charge on any atom is -0.324 e. The Bertz CT molecular complexity index is 1080. The van der Waals surface area contributed by atoms with Crippen molar-refractivity contribution in [3.8, 4) is 11.3 Å². The zero-order valence-corrected chi connectivity index (χ0v) is 14.2. The van der Waals surface area contributed by atoms with Gasteiger partial charge in [0.1, 0.15) is 12.4 Å². The lowest BCUT2D eigenvalue weighted by atomic mass is 10.1. The van der Waals surface area contributed by atoms with Crippen molar-refractivity contribution < 1.29 is 22.4 Å². The number of halogens is 4. The smallest absolute Gasteiger partial charge is 0.324 e. The molecule has 3 aromatic rings. The number of alkyl halides is 3. The highest BCUT2D eigenvalue weighted by atomic mass is 19.4. The zero-order valence-electron chi connectivity index (χ0n) is 14.2. The summed E-state index contributed by atoms with van der Waals surface area (Å²) in [6, 6.07) is 12.3. The molecule has 3 rings (SSSR count). The van der Waals surface area contributed by atoms with E-state index in [4.69, 9.17) is 0 Å². The number of hydrogen-bond acceptors (Lipinski definition) is 3. The van der Waals surface area contributed by atoms with Gasteiger partial charge in [-0.25, -0.2) is 9.07 Å². The molecule has 0 radical (unpaired) electrons. The minimum absolute atomic E-state index is 0.0712. The highest BCUT2D eigenvalue weighted by Crippen LogP contribution is 2.30. The number of carbonyl (C=O) groups excluding carboxylic acids is 1. The number of anilines is 1. The van der Waals surface area contributed by atoms with Gasteiger partial charge in [-0.3, -0.25) is 9.59 Å². The third kappa shape index (κ3) is 4.43. The summed E-state index contributed by atoms with van der Waals surface area (Å²) < 4.78 is 52.9. The molecule has 1 heterocycles.